The monoisotopic (exact) mass is 450 g/mol. The Morgan fingerprint density at radius 2 is 0.912 bits per heavy atom. The summed E-state index contributed by atoms with van der Waals surface area (Å²) >= 11 is 0. The maximum atomic E-state index is 10.2. The van der Waals surface area contributed by atoms with Gasteiger partial charge in [0.05, 0.1) is 11.4 Å². The highest BCUT2D eigenvalue weighted by Gasteiger charge is 2.14. The molecule has 0 saturated carbocycles. The molecule has 0 amide bonds. The number of nitrogens with zero attached hydrogens (tertiary/aromatic N) is 4. The first kappa shape index (κ1) is 22.9. The van der Waals surface area contributed by atoms with Gasteiger partial charge >= 0.3 is 0 Å². The molecule has 0 aliphatic carbocycles. The second-order valence-electron chi connectivity index (χ2n) is 8.33. The van der Waals surface area contributed by atoms with Crippen molar-refractivity contribution in [3.05, 3.63) is 95.1 Å². The van der Waals surface area contributed by atoms with Crippen LogP contribution in [0.15, 0.2) is 93.3 Å². The standard InChI is InChI=1S/C28H26N4O2/c1-17-11-13-25(33)23(15-17)29-31-27-19(3)7-5-9-21(27)22-10-6-8-20(4)28(22)32-30-24-16-18(2)12-14-26(24)34/h5-16,33-34H,1-4H3. The third-order valence-electron chi connectivity index (χ3n) is 5.54. The zero-order valence-corrected chi connectivity index (χ0v) is 19.6. The van der Waals surface area contributed by atoms with E-state index in [1.807, 2.05) is 76.2 Å². The Labute approximate surface area is 199 Å². The number of hydrogen-bond acceptors (Lipinski definition) is 6. The molecular weight excluding hydrogens is 424 g/mol. The van der Waals surface area contributed by atoms with Crippen molar-refractivity contribution in [2.45, 2.75) is 27.7 Å². The Morgan fingerprint density at radius 1 is 0.500 bits per heavy atom. The molecule has 0 unspecified atom stereocenters. The molecule has 0 atom stereocenters. The number of phenols is 2. The van der Waals surface area contributed by atoms with Gasteiger partial charge in [0, 0.05) is 11.1 Å². The molecule has 0 aromatic heterocycles. The molecule has 4 aromatic carbocycles. The molecule has 0 fully saturated rings. The third-order valence-corrected chi connectivity index (χ3v) is 5.54. The number of phenolic OH excluding ortho intramolecular Hbond substituents is 2. The van der Waals surface area contributed by atoms with Crippen LogP contribution in [0.3, 0.4) is 0 Å². The fourth-order valence-corrected chi connectivity index (χ4v) is 3.65. The summed E-state index contributed by atoms with van der Waals surface area (Å²) in [5, 5.41) is 38.1. The van der Waals surface area contributed by atoms with Gasteiger partial charge in [0.15, 0.2) is 0 Å². The number of rotatable bonds is 5. The van der Waals surface area contributed by atoms with Crippen molar-refractivity contribution >= 4 is 22.7 Å². The third kappa shape index (κ3) is 4.86. The molecule has 0 spiro atoms. The van der Waals surface area contributed by atoms with Crippen molar-refractivity contribution in [2.75, 3.05) is 0 Å². The van der Waals surface area contributed by atoms with Gasteiger partial charge in [-0.05, 0) is 74.2 Å². The van der Waals surface area contributed by atoms with E-state index >= 15 is 0 Å². The highest BCUT2D eigenvalue weighted by molar-refractivity contribution is 5.86. The van der Waals surface area contributed by atoms with Gasteiger partial charge in [-0.3, -0.25) is 0 Å². The summed E-state index contributed by atoms with van der Waals surface area (Å²) in [7, 11) is 0. The average Bonchev–Trinajstić information content (AvgIpc) is 2.81. The quantitative estimate of drug-likeness (QED) is 0.297. The molecule has 0 radical (unpaired) electrons. The highest BCUT2D eigenvalue weighted by atomic mass is 16.3. The lowest BCUT2D eigenvalue weighted by molar-refractivity contribution is 0.475. The van der Waals surface area contributed by atoms with E-state index in [4.69, 9.17) is 0 Å². The van der Waals surface area contributed by atoms with Crippen LogP contribution in [0.4, 0.5) is 22.7 Å². The van der Waals surface area contributed by atoms with E-state index in [0.29, 0.717) is 22.7 Å². The molecule has 6 nitrogen and oxygen atoms in total. The van der Waals surface area contributed by atoms with Gasteiger partial charge in [0.1, 0.15) is 22.9 Å². The predicted molar refractivity (Wildman–Crippen MR) is 135 cm³/mol. The van der Waals surface area contributed by atoms with Gasteiger partial charge in [-0.1, -0.05) is 48.5 Å². The molecule has 34 heavy (non-hydrogen) atoms. The van der Waals surface area contributed by atoms with Gasteiger partial charge < -0.3 is 10.2 Å². The van der Waals surface area contributed by atoms with Crippen molar-refractivity contribution in [3.63, 3.8) is 0 Å². The summed E-state index contributed by atoms with van der Waals surface area (Å²) in [5.74, 6) is 0.153. The summed E-state index contributed by atoms with van der Waals surface area (Å²) < 4.78 is 0. The molecule has 4 rings (SSSR count). The topological polar surface area (TPSA) is 89.9 Å². The van der Waals surface area contributed by atoms with Gasteiger partial charge in [0.25, 0.3) is 0 Å². The Morgan fingerprint density at radius 3 is 1.32 bits per heavy atom. The minimum absolute atomic E-state index is 0.0764. The molecule has 2 N–H and O–H groups in total. The van der Waals surface area contributed by atoms with E-state index < -0.39 is 0 Å². The van der Waals surface area contributed by atoms with Crippen LogP contribution in [-0.2, 0) is 0 Å². The zero-order chi connectivity index (χ0) is 24.2. The van der Waals surface area contributed by atoms with Crippen LogP contribution < -0.4 is 0 Å². The SMILES string of the molecule is Cc1ccc(O)c(N=Nc2c(C)cccc2-c2cccc(C)c2N=Nc2cc(C)ccc2O)c1. The number of azo groups is 2. The van der Waals surface area contributed by atoms with Crippen molar-refractivity contribution in [3.8, 4) is 22.6 Å². The van der Waals surface area contributed by atoms with E-state index in [0.717, 1.165) is 33.4 Å². The summed E-state index contributed by atoms with van der Waals surface area (Å²) in [4.78, 5) is 0. The zero-order valence-electron chi connectivity index (χ0n) is 19.6. The second kappa shape index (κ2) is 9.67. The van der Waals surface area contributed by atoms with Crippen LogP contribution in [-0.4, -0.2) is 10.2 Å². The van der Waals surface area contributed by atoms with Crippen LogP contribution in [0.2, 0.25) is 0 Å². The van der Waals surface area contributed by atoms with Crippen molar-refractivity contribution < 1.29 is 10.2 Å². The minimum atomic E-state index is 0.0764. The Kier molecular flexibility index (Phi) is 6.50. The fourth-order valence-electron chi connectivity index (χ4n) is 3.65. The number of hydrogen-bond donors (Lipinski definition) is 2. The fraction of sp³-hybridized carbons (Fsp3) is 0.143. The Bertz CT molecular complexity index is 1320. The number of benzene rings is 4. The van der Waals surface area contributed by atoms with Crippen molar-refractivity contribution in [1.29, 1.82) is 0 Å². The van der Waals surface area contributed by atoms with E-state index in [2.05, 4.69) is 20.5 Å². The molecular formula is C28H26N4O2. The first-order valence-electron chi connectivity index (χ1n) is 11.0. The number of aromatic hydroxyl groups is 2. The van der Waals surface area contributed by atoms with Gasteiger partial charge in [0.2, 0.25) is 0 Å². The van der Waals surface area contributed by atoms with Gasteiger partial charge in [-0.15, -0.1) is 20.5 Å². The van der Waals surface area contributed by atoms with E-state index in [-0.39, 0.29) is 11.5 Å². The first-order chi connectivity index (χ1) is 16.3. The second-order valence-corrected chi connectivity index (χ2v) is 8.33. The average molecular weight is 451 g/mol. The van der Waals surface area contributed by atoms with Crippen LogP contribution in [0.25, 0.3) is 11.1 Å². The normalized spacial score (nSPS) is 11.5. The minimum Gasteiger partial charge on any atom is -0.506 e. The smallest absolute Gasteiger partial charge is 0.143 e. The molecule has 0 aliphatic rings. The van der Waals surface area contributed by atoms with E-state index in [1.54, 1.807) is 24.3 Å². The summed E-state index contributed by atoms with van der Waals surface area (Å²) in [5.41, 5.74) is 7.73. The molecule has 6 heteroatoms. The lowest BCUT2D eigenvalue weighted by Crippen LogP contribution is -1.86. The van der Waals surface area contributed by atoms with Crippen molar-refractivity contribution in [1.82, 2.24) is 0 Å². The lowest BCUT2D eigenvalue weighted by Gasteiger charge is -2.12. The first-order valence-corrected chi connectivity index (χ1v) is 11.0. The molecule has 0 heterocycles. The maximum absolute atomic E-state index is 10.2. The van der Waals surface area contributed by atoms with Crippen LogP contribution in [0, 0.1) is 27.7 Å². The largest absolute Gasteiger partial charge is 0.506 e. The van der Waals surface area contributed by atoms with E-state index in [9.17, 15) is 10.2 Å². The predicted octanol–water partition coefficient (Wildman–Crippen LogP) is 8.83. The van der Waals surface area contributed by atoms with Gasteiger partial charge in [-0.25, -0.2) is 0 Å². The summed E-state index contributed by atoms with van der Waals surface area (Å²) in [6.45, 7) is 7.81. The van der Waals surface area contributed by atoms with E-state index in [1.165, 1.54) is 0 Å². The summed E-state index contributed by atoms with van der Waals surface area (Å²) in [6.07, 6.45) is 0. The van der Waals surface area contributed by atoms with Gasteiger partial charge in [-0.2, -0.15) is 0 Å². The molecule has 0 saturated heterocycles. The molecule has 0 aliphatic heterocycles. The highest BCUT2D eigenvalue weighted by Crippen LogP contribution is 2.42. The maximum Gasteiger partial charge on any atom is 0.143 e. The molecule has 4 aromatic rings. The molecule has 0 bridgehead atoms. The van der Waals surface area contributed by atoms with Crippen LogP contribution in [0.1, 0.15) is 22.3 Å². The molecule has 170 valence electrons. The Hall–Kier alpha value is -4.32. The van der Waals surface area contributed by atoms with Crippen LogP contribution >= 0.6 is 0 Å². The lowest BCUT2D eigenvalue weighted by atomic mass is 9.97. The Balaban J connectivity index is 1.82. The van der Waals surface area contributed by atoms with Crippen LogP contribution in [0.5, 0.6) is 11.5 Å². The number of aryl methyl sites for hydroxylation is 4. The van der Waals surface area contributed by atoms with Crippen molar-refractivity contribution in [2.24, 2.45) is 20.5 Å². The summed E-state index contributed by atoms with van der Waals surface area (Å²) in [6, 6.07) is 22.2.